The number of fused-ring (bicyclic) bond motifs is 1. The number of hydrogen-bond donors (Lipinski definition) is 0. The number of benzene rings is 2. The number of nitrogens with zero attached hydrogens (tertiary/aromatic N) is 1. The third-order valence-electron chi connectivity index (χ3n) is 5.13. The first kappa shape index (κ1) is 23.4. The maximum absolute atomic E-state index is 12.9. The number of para-hydroxylation sites is 1. The van der Waals surface area contributed by atoms with E-state index in [1.165, 1.54) is 18.5 Å². The quantitative estimate of drug-likeness (QED) is 0.284. The van der Waals surface area contributed by atoms with Gasteiger partial charge in [0, 0.05) is 28.4 Å². The summed E-state index contributed by atoms with van der Waals surface area (Å²) in [5.74, 6) is 0.216. The normalized spacial score (nSPS) is 11.5. The van der Waals surface area contributed by atoms with Crippen LogP contribution in [0.1, 0.15) is 23.7 Å². The summed E-state index contributed by atoms with van der Waals surface area (Å²) in [4.78, 5) is 15.8. The van der Waals surface area contributed by atoms with E-state index in [0.29, 0.717) is 34.6 Å². The van der Waals surface area contributed by atoms with E-state index in [0.717, 1.165) is 10.9 Å². The molecule has 2 heterocycles. The van der Waals surface area contributed by atoms with E-state index in [-0.39, 0.29) is 24.7 Å². The van der Waals surface area contributed by atoms with Gasteiger partial charge in [-0.05, 0) is 54.4 Å². The summed E-state index contributed by atoms with van der Waals surface area (Å²) >= 11 is 0. The molecule has 0 radical (unpaired) electrons. The average Bonchev–Trinajstić information content (AvgIpc) is 3.26. The number of hydrogen-bond acceptors (Lipinski definition) is 5. The van der Waals surface area contributed by atoms with Gasteiger partial charge >= 0.3 is 12.1 Å². The monoisotopic (exact) mass is 469 g/mol. The van der Waals surface area contributed by atoms with E-state index in [4.69, 9.17) is 13.9 Å². The van der Waals surface area contributed by atoms with Crippen LogP contribution in [-0.4, -0.2) is 23.7 Å². The molecule has 2 aromatic carbocycles. The van der Waals surface area contributed by atoms with E-state index in [2.05, 4.69) is 4.98 Å². The fourth-order valence-electron chi connectivity index (χ4n) is 3.71. The van der Waals surface area contributed by atoms with Crippen molar-refractivity contribution < 1.29 is 31.9 Å². The molecule has 0 saturated carbocycles. The number of aromatic nitrogens is 1. The number of carbonyl (C=O) groups is 1. The van der Waals surface area contributed by atoms with Crippen LogP contribution in [-0.2, 0) is 29.0 Å². The van der Waals surface area contributed by atoms with Crippen molar-refractivity contribution in [2.75, 3.05) is 6.61 Å². The molecule has 0 amide bonds. The Hall–Kier alpha value is -3.81. The molecule has 0 saturated heterocycles. The molecular formula is C26H22F3NO4. The highest BCUT2D eigenvalue weighted by atomic mass is 19.4. The second-order valence-corrected chi connectivity index (χ2v) is 7.69. The summed E-state index contributed by atoms with van der Waals surface area (Å²) in [5.41, 5.74) is 3.21. The molecule has 0 N–H and O–H groups in total. The van der Waals surface area contributed by atoms with Crippen LogP contribution in [0.5, 0.6) is 5.75 Å². The Morgan fingerprint density at radius 3 is 2.71 bits per heavy atom. The van der Waals surface area contributed by atoms with Gasteiger partial charge in [0.2, 0.25) is 0 Å². The van der Waals surface area contributed by atoms with Crippen molar-refractivity contribution >= 4 is 16.9 Å². The lowest BCUT2D eigenvalue weighted by atomic mass is 10.0. The summed E-state index contributed by atoms with van der Waals surface area (Å²) in [7, 11) is 0. The van der Waals surface area contributed by atoms with Crippen molar-refractivity contribution in [1.29, 1.82) is 0 Å². The second-order valence-electron chi connectivity index (χ2n) is 7.69. The molecule has 4 rings (SSSR count). The smallest absolute Gasteiger partial charge is 0.394 e. The minimum Gasteiger partial charge on any atom is -0.489 e. The number of halogens is 3. The predicted molar refractivity (Wildman–Crippen MR) is 120 cm³/mol. The van der Waals surface area contributed by atoms with Crippen molar-refractivity contribution in [3.8, 4) is 16.9 Å². The van der Waals surface area contributed by atoms with Gasteiger partial charge in [0.1, 0.15) is 17.9 Å². The Bertz CT molecular complexity index is 1300. The van der Waals surface area contributed by atoms with Crippen LogP contribution in [0.2, 0.25) is 0 Å². The van der Waals surface area contributed by atoms with Gasteiger partial charge in [0.15, 0.2) is 0 Å². The standard InChI is InChI=1S/C26H22F3NO4/c1-2-32-24(31)14-19-5-3-4-6-23(19)34-16-17-11-20-8-10-33-25(20)22(12-17)18-7-9-30-21(13-18)15-26(27,28)29/h3-13H,2,14-16H2,1H3. The van der Waals surface area contributed by atoms with Crippen molar-refractivity contribution in [3.63, 3.8) is 0 Å². The molecule has 4 aromatic rings. The fraction of sp³-hybridized carbons (Fsp3) is 0.231. The van der Waals surface area contributed by atoms with Crippen LogP contribution >= 0.6 is 0 Å². The molecule has 0 bridgehead atoms. The van der Waals surface area contributed by atoms with Gasteiger partial charge in [-0.25, -0.2) is 0 Å². The highest BCUT2D eigenvalue weighted by molar-refractivity contribution is 5.93. The minimum atomic E-state index is -4.35. The molecule has 8 heteroatoms. The molecule has 0 aliphatic rings. The van der Waals surface area contributed by atoms with Gasteiger partial charge in [-0.1, -0.05) is 18.2 Å². The summed E-state index contributed by atoms with van der Waals surface area (Å²) in [5, 5.41) is 0.796. The van der Waals surface area contributed by atoms with E-state index < -0.39 is 12.6 Å². The highest BCUT2D eigenvalue weighted by Crippen LogP contribution is 2.33. The Morgan fingerprint density at radius 2 is 1.91 bits per heavy atom. The molecule has 5 nitrogen and oxygen atoms in total. The van der Waals surface area contributed by atoms with Gasteiger partial charge in [-0.2, -0.15) is 13.2 Å². The predicted octanol–water partition coefficient (Wildman–Crippen LogP) is 6.28. The lowest BCUT2D eigenvalue weighted by molar-refractivity contribution is -0.142. The second kappa shape index (κ2) is 9.99. The van der Waals surface area contributed by atoms with Gasteiger partial charge in [0.25, 0.3) is 0 Å². The summed E-state index contributed by atoms with van der Waals surface area (Å²) in [6, 6.07) is 15.8. The first-order chi connectivity index (χ1) is 16.3. The molecule has 0 aliphatic carbocycles. The summed E-state index contributed by atoms with van der Waals surface area (Å²) < 4.78 is 55.2. The Morgan fingerprint density at radius 1 is 1.09 bits per heavy atom. The summed E-state index contributed by atoms with van der Waals surface area (Å²) in [6.45, 7) is 2.24. The van der Waals surface area contributed by atoms with E-state index >= 15 is 0 Å². The third-order valence-corrected chi connectivity index (χ3v) is 5.13. The number of ether oxygens (including phenoxy) is 2. The van der Waals surface area contributed by atoms with Crippen molar-refractivity contribution in [2.45, 2.75) is 32.5 Å². The van der Waals surface area contributed by atoms with Gasteiger partial charge in [-0.3, -0.25) is 9.78 Å². The molecule has 0 spiro atoms. The number of rotatable bonds is 8. The number of carbonyl (C=O) groups excluding carboxylic acids is 1. The summed E-state index contributed by atoms with van der Waals surface area (Å²) in [6.07, 6.45) is -2.47. The number of esters is 1. The average molecular weight is 469 g/mol. The minimum absolute atomic E-state index is 0.0701. The van der Waals surface area contributed by atoms with Crippen LogP contribution in [0, 0.1) is 0 Å². The molecule has 176 valence electrons. The zero-order valence-electron chi connectivity index (χ0n) is 18.4. The molecule has 34 heavy (non-hydrogen) atoms. The number of furan rings is 1. The zero-order valence-corrected chi connectivity index (χ0v) is 18.4. The Labute approximate surface area is 194 Å². The van der Waals surface area contributed by atoms with Crippen LogP contribution < -0.4 is 4.74 Å². The molecule has 2 aromatic heterocycles. The Kier molecular flexibility index (Phi) is 6.86. The first-order valence-electron chi connectivity index (χ1n) is 10.7. The fourth-order valence-corrected chi connectivity index (χ4v) is 3.71. The van der Waals surface area contributed by atoms with Crippen LogP contribution in [0.3, 0.4) is 0 Å². The third kappa shape index (κ3) is 5.75. The molecule has 0 unspecified atom stereocenters. The lowest BCUT2D eigenvalue weighted by Gasteiger charge is -2.13. The SMILES string of the molecule is CCOC(=O)Cc1ccccc1OCc1cc(-c2ccnc(CC(F)(F)F)c2)c2occc2c1. The van der Waals surface area contributed by atoms with E-state index in [9.17, 15) is 18.0 Å². The van der Waals surface area contributed by atoms with Crippen LogP contribution in [0.4, 0.5) is 13.2 Å². The number of alkyl halides is 3. The first-order valence-corrected chi connectivity index (χ1v) is 10.7. The van der Waals surface area contributed by atoms with Crippen molar-refractivity contribution in [1.82, 2.24) is 4.98 Å². The van der Waals surface area contributed by atoms with Gasteiger partial charge < -0.3 is 13.9 Å². The van der Waals surface area contributed by atoms with Crippen LogP contribution in [0.25, 0.3) is 22.1 Å². The topological polar surface area (TPSA) is 61.6 Å². The molecule has 0 fully saturated rings. The Balaban J connectivity index is 1.61. The molecule has 0 aliphatic heterocycles. The van der Waals surface area contributed by atoms with Crippen molar-refractivity contribution in [2.24, 2.45) is 0 Å². The molecular weight excluding hydrogens is 447 g/mol. The van der Waals surface area contributed by atoms with Crippen molar-refractivity contribution in [3.05, 3.63) is 83.9 Å². The van der Waals surface area contributed by atoms with Gasteiger partial charge in [0.05, 0.1) is 25.7 Å². The van der Waals surface area contributed by atoms with E-state index in [1.54, 1.807) is 31.2 Å². The maximum Gasteiger partial charge on any atom is 0.394 e. The van der Waals surface area contributed by atoms with Crippen LogP contribution in [0.15, 0.2) is 71.5 Å². The highest BCUT2D eigenvalue weighted by Gasteiger charge is 2.28. The maximum atomic E-state index is 12.9. The van der Waals surface area contributed by atoms with E-state index in [1.807, 2.05) is 24.3 Å². The largest absolute Gasteiger partial charge is 0.489 e. The lowest BCUT2D eigenvalue weighted by Crippen LogP contribution is -2.12. The zero-order chi connectivity index (χ0) is 24.1. The number of pyridine rings is 1. The van der Waals surface area contributed by atoms with Gasteiger partial charge in [-0.15, -0.1) is 0 Å². The molecule has 0 atom stereocenters.